The van der Waals surface area contributed by atoms with Crippen molar-refractivity contribution in [1.82, 2.24) is 0 Å². The molecule has 0 saturated heterocycles. The maximum Gasteiger partial charge on any atom is 0.0408 e. The summed E-state index contributed by atoms with van der Waals surface area (Å²) in [5.74, 6) is 0.653. The molecule has 0 amide bonds. The first kappa shape index (κ1) is 13.5. The number of halogens is 1. The van der Waals surface area contributed by atoms with E-state index in [0.29, 0.717) is 12.0 Å². The number of benzene rings is 2. The van der Waals surface area contributed by atoms with Crippen LogP contribution in [-0.4, -0.2) is 6.04 Å². The lowest BCUT2D eigenvalue weighted by atomic mass is 9.76. The third-order valence-electron chi connectivity index (χ3n) is 4.16. The summed E-state index contributed by atoms with van der Waals surface area (Å²) in [6, 6.07) is 17.6. The maximum atomic E-state index is 6.05. The number of aryl methyl sites for hydroxylation is 1. The van der Waals surface area contributed by atoms with Crippen LogP contribution in [0.5, 0.6) is 0 Å². The molecule has 104 valence electrons. The zero-order valence-electron chi connectivity index (χ0n) is 11.8. The Morgan fingerprint density at radius 3 is 2.65 bits per heavy atom. The smallest absolute Gasteiger partial charge is 0.0408 e. The highest BCUT2D eigenvalue weighted by atomic mass is 35.5. The summed E-state index contributed by atoms with van der Waals surface area (Å²) in [7, 11) is 0. The van der Waals surface area contributed by atoms with Gasteiger partial charge in [0.05, 0.1) is 0 Å². The van der Waals surface area contributed by atoms with Crippen LogP contribution in [0.3, 0.4) is 0 Å². The quantitative estimate of drug-likeness (QED) is 0.808. The standard InChI is InChI=1S/C18H20ClN/c1-2-13-5-3-8-17(9-13)20-18-11-15(12-18)14-6-4-7-16(19)10-14/h3-10,15,18,20H,2,11-12H2,1H3. The van der Waals surface area contributed by atoms with E-state index in [9.17, 15) is 0 Å². The Balaban J connectivity index is 1.58. The zero-order chi connectivity index (χ0) is 13.9. The largest absolute Gasteiger partial charge is 0.382 e. The van der Waals surface area contributed by atoms with Crippen LogP contribution in [0.15, 0.2) is 48.5 Å². The molecule has 0 unspecified atom stereocenters. The van der Waals surface area contributed by atoms with Crippen LogP contribution in [0.4, 0.5) is 5.69 Å². The number of hydrogen-bond donors (Lipinski definition) is 1. The fraction of sp³-hybridized carbons (Fsp3) is 0.333. The van der Waals surface area contributed by atoms with E-state index in [0.717, 1.165) is 11.4 Å². The summed E-state index contributed by atoms with van der Waals surface area (Å²) in [5, 5.41) is 4.48. The first-order valence-electron chi connectivity index (χ1n) is 7.35. The van der Waals surface area contributed by atoms with Crippen molar-refractivity contribution in [2.24, 2.45) is 0 Å². The van der Waals surface area contributed by atoms with Crippen LogP contribution >= 0.6 is 11.6 Å². The second kappa shape index (κ2) is 5.88. The minimum absolute atomic E-state index is 0.589. The molecule has 0 atom stereocenters. The molecule has 0 radical (unpaired) electrons. The van der Waals surface area contributed by atoms with Gasteiger partial charge in [0.2, 0.25) is 0 Å². The van der Waals surface area contributed by atoms with E-state index in [4.69, 9.17) is 11.6 Å². The zero-order valence-corrected chi connectivity index (χ0v) is 12.5. The molecule has 0 bridgehead atoms. The van der Waals surface area contributed by atoms with Crippen molar-refractivity contribution in [3.63, 3.8) is 0 Å². The highest BCUT2D eigenvalue weighted by Gasteiger charge is 2.30. The predicted octanol–water partition coefficient (Wildman–Crippen LogP) is 5.26. The van der Waals surface area contributed by atoms with Crippen molar-refractivity contribution in [2.75, 3.05) is 5.32 Å². The molecule has 1 N–H and O–H groups in total. The molecule has 2 aromatic carbocycles. The van der Waals surface area contributed by atoms with E-state index < -0.39 is 0 Å². The minimum Gasteiger partial charge on any atom is -0.382 e. The van der Waals surface area contributed by atoms with Gasteiger partial charge < -0.3 is 5.32 Å². The van der Waals surface area contributed by atoms with Gasteiger partial charge in [-0.2, -0.15) is 0 Å². The number of hydrogen-bond acceptors (Lipinski definition) is 1. The van der Waals surface area contributed by atoms with Crippen molar-refractivity contribution < 1.29 is 0 Å². The van der Waals surface area contributed by atoms with E-state index in [1.807, 2.05) is 12.1 Å². The first-order chi connectivity index (χ1) is 9.74. The van der Waals surface area contributed by atoms with E-state index in [-0.39, 0.29) is 0 Å². The molecule has 2 aromatic rings. The molecule has 0 spiro atoms. The van der Waals surface area contributed by atoms with Gasteiger partial charge in [0, 0.05) is 16.8 Å². The van der Waals surface area contributed by atoms with Crippen LogP contribution in [0, 0.1) is 0 Å². The third kappa shape index (κ3) is 2.99. The summed E-state index contributed by atoms with van der Waals surface area (Å²) in [6.45, 7) is 2.19. The van der Waals surface area contributed by atoms with Gasteiger partial charge in [0.1, 0.15) is 0 Å². The Hall–Kier alpha value is -1.47. The lowest BCUT2D eigenvalue weighted by molar-refractivity contribution is 0.374. The average molecular weight is 286 g/mol. The van der Waals surface area contributed by atoms with E-state index in [2.05, 4.69) is 48.6 Å². The predicted molar refractivity (Wildman–Crippen MR) is 86.7 cm³/mol. The Morgan fingerprint density at radius 1 is 1.10 bits per heavy atom. The maximum absolute atomic E-state index is 6.05. The number of rotatable bonds is 4. The normalized spacial score (nSPS) is 21.3. The molecule has 20 heavy (non-hydrogen) atoms. The molecular formula is C18H20ClN. The SMILES string of the molecule is CCc1cccc(NC2CC(c3cccc(Cl)c3)C2)c1. The molecular weight excluding hydrogens is 266 g/mol. The van der Waals surface area contributed by atoms with Gasteiger partial charge in [0.15, 0.2) is 0 Å². The van der Waals surface area contributed by atoms with Crippen molar-refractivity contribution in [1.29, 1.82) is 0 Å². The second-order valence-electron chi connectivity index (χ2n) is 5.62. The first-order valence-corrected chi connectivity index (χ1v) is 7.73. The third-order valence-corrected chi connectivity index (χ3v) is 4.40. The molecule has 3 rings (SSSR count). The molecule has 0 aromatic heterocycles. The summed E-state index contributed by atoms with van der Waals surface area (Å²) in [4.78, 5) is 0. The Kier molecular flexibility index (Phi) is 3.98. The Morgan fingerprint density at radius 2 is 1.90 bits per heavy atom. The number of nitrogens with one attached hydrogen (secondary N) is 1. The topological polar surface area (TPSA) is 12.0 Å². The molecule has 1 fully saturated rings. The van der Waals surface area contributed by atoms with E-state index in [1.165, 1.54) is 29.7 Å². The summed E-state index contributed by atoms with van der Waals surface area (Å²) in [6.07, 6.45) is 3.47. The molecule has 2 heteroatoms. The van der Waals surface area contributed by atoms with Crippen LogP contribution < -0.4 is 5.32 Å². The van der Waals surface area contributed by atoms with Crippen molar-refractivity contribution in [3.05, 3.63) is 64.7 Å². The van der Waals surface area contributed by atoms with Gasteiger partial charge >= 0.3 is 0 Å². The van der Waals surface area contributed by atoms with Crippen molar-refractivity contribution >= 4 is 17.3 Å². The van der Waals surface area contributed by atoms with Crippen LogP contribution in [-0.2, 0) is 6.42 Å². The van der Waals surface area contributed by atoms with Gasteiger partial charge in [-0.15, -0.1) is 0 Å². The summed E-state index contributed by atoms with van der Waals surface area (Å²) in [5.41, 5.74) is 4.01. The van der Waals surface area contributed by atoms with Crippen LogP contribution in [0.1, 0.15) is 36.8 Å². The van der Waals surface area contributed by atoms with Gasteiger partial charge in [-0.1, -0.05) is 42.8 Å². The highest BCUT2D eigenvalue weighted by molar-refractivity contribution is 6.30. The van der Waals surface area contributed by atoms with E-state index >= 15 is 0 Å². The van der Waals surface area contributed by atoms with Crippen LogP contribution in [0.2, 0.25) is 5.02 Å². The lowest BCUT2D eigenvalue weighted by Gasteiger charge is -2.37. The molecule has 0 aliphatic heterocycles. The molecule has 1 aliphatic carbocycles. The van der Waals surface area contributed by atoms with Gasteiger partial charge in [-0.3, -0.25) is 0 Å². The molecule has 1 aliphatic rings. The average Bonchev–Trinajstić information content (AvgIpc) is 2.42. The Labute approximate surface area is 126 Å². The van der Waals surface area contributed by atoms with Gasteiger partial charge in [0.25, 0.3) is 0 Å². The molecule has 0 heterocycles. The van der Waals surface area contributed by atoms with Crippen LogP contribution in [0.25, 0.3) is 0 Å². The lowest BCUT2D eigenvalue weighted by Crippen LogP contribution is -2.34. The van der Waals surface area contributed by atoms with Gasteiger partial charge in [-0.05, 0) is 60.6 Å². The second-order valence-corrected chi connectivity index (χ2v) is 6.05. The Bertz CT molecular complexity index is 587. The summed E-state index contributed by atoms with van der Waals surface area (Å²) < 4.78 is 0. The fourth-order valence-corrected chi connectivity index (χ4v) is 3.08. The van der Waals surface area contributed by atoms with E-state index in [1.54, 1.807) is 0 Å². The highest BCUT2D eigenvalue weighted by Crippen LogP contribution is 2.39. The molecule has 1 saturated carbocycles. The monoisotopic (exact) mass is 285 g/mol. The fourth-order valence-electron chi connectivity index (χ4n) is 2.89. The summed E-state index contributed by atoms with van der Waals surface area (Å²) >= 11 is 6.05. The van der Waals surface area contributed by atoms with Crippen molar-refractivity contribution in [2.45, 2.75) is 38.1 Å². The van der Waals surface area contributed by atoms with Gasteiger partial charge in [-0.25, -0.2) is 0 Å². The number of anilines is 1. The molecule has 1 nitrogen and oxygen atoms in total. The van der Waals surface area contributed by atoms with Crippen molar-refractivity contribution in [3.8, 4) is 0 Å². The minimum atomic E-state index is 0.589.